The van der Waals surface area contributed by atoms with Crippen molar-refractivity contribution in [1.29, 1.82) is 0 Å². The summed E-state index contributed by atoms with van der Waals surface area (Å²) in [6.07, 6.45) is 4.30. The highest BCUT2D eigenvalue weighted by Crippen LogP contribution is 2.27. The number of benzene rings is 1. The summed E-state index contributed by atoms with van der Waals surface area (Å²) in [6.45, 7) is 4.98. The highest BCUT2D eigenvalue weighted by Gasteiger charge is 2.43. The normalized spacial score (nSPS) is 19.6. The van der Waals surface area contributed by atoms with Gasteiger partial charge in [-0.1, -0.05) is 44.2 Å². The Labute approximate surface area is 165 Å². The highest BCUT2D eigenvalue weighted by atomic mass is 16.5. The molecule has 148 valence electrons. The van der Waals surface area contributed by atoms with Crippen molar-refractivity contribution in [1.82, 2.24) is 9.88 Å². The van der Waals surface area contributed by atoms with Crippen LogP contribution in [0.1, 0.15) is 25.8 Å². The molecule has 1 atom stereocenters. The molecule has 1 aromatic carbocycles. The van der Waals surface area contributed by atoms with E-state index in [0.29, 0.717) is 26.0 Å². The predicted molar refractivity (Wildman–Crippen MR) is 107 cm³/mol. The number of primary amides is 1. The number of nitrogens with zero attached hydrogens (tertiary/aromatic N) is 2. The lowest BCUT2D eigenvalue weighted by molar-refractivity contribution is -0.163. The number of hydrogen-bond donors (Lipinski definition) is 1. The summed E-state index contributed by atoms with van der Waals surface area (Å²) in [6, 6.07) is 11.8. The van der Waals surface area contributed by atoms with Crippen molar-refractivity contribution in [2.24, 2.45) is 11.7 Å². The number of rotatable bonds is 6. The fourth-order valence-electron chi connectivity index (χ4n) is 3.54. The van der Waals surface area contributed by atoms with Crippen LogP contribution in [0.15, 0.2) is 48.8 Å². The van der Waals surface area contributed by atoms with E-state index in [1.807, 2.05) is 50.2 Å². The summed E-state index contributed by atoms with van der Waals surface area (Å²) in [5.41, 5.74) is 7.47. The average Bonchev–Trinajstić information content (AvgIpc) is 2.68. The molecule has 0 saturated carbocycles. The maximum absolute atomic E-state index is 12.5. The molecule has 1 aliphatic heterocycles. The molecule has 0 aliphatic carbocycles. The molecule has 2 heterocycles. The molecule has 28 heavy (non-hydrogen) atoms. The van der Waals surface area contributed by atoms with Crippen LogP contribution in [0, 0.1) is 5.92 Å². The Morgan fingerprint density at radius 2 is 2.04 bits per heavy atom. The molecule has 1 aromatic heterocycles. The number of amides is 2. The van der Waals surface area contributed by atoms with Gasteiger partial charge in [0.05, 0.1) is 13.2 Å². The van der Waals surface area contributed by atoms with Crippen molar-refractivity contribution in [2.75, 3.05) is 19.7 Å². The highest BCUT2D eigenvalue weighted by molar-refractivity contribution is 5.86. The van der Waals surface area contributed by atoms with E-state index in [1.54, 1.807) is 17.3 Å². The summed E-state index contributed by atoms with van der Waals surface area (Å²) >= 11 is 0. The zero-order chi connectivity index (χ0) is 20.1. The maximum Gasteiger partial charge on any atom is 0.251 e. The van der Waals surface area contributed by atoms with E-state index in [2.05, 4.69) is 4.98 Å². The second-order valence-corrected chi connectivity index (χ2v) is 7.74. The van der Waals surface area contributed by atoms with Crippen LogP contribution in [0.3, 0.4) is 0 Å². The molecule has 6 heteroatoms. The lowest BCUT2D eigenvalue weighted by Gasteiger charge is -2.41. The number of pyridine rings is 1. The second kappa shape index (κ2) is 8.52. The van der Waals surface area contributed by atoms with Crippen molar-refractivity contribution in [3.8, 4) is 11.1 Å². The van der Waals surface area contributed by atoms with Gasteiger partial charge in [-0.3, -0.25) is 14.6 Å². The van der Waals surface area contributed by atoms with Crippen LogP contribution in [-0.4, -0.2) is 47.0 Å². The first kappa shape index (κ1) is 20.0. The quantitative estimate of drug-likeness (QED) is 0.833. The Kier molecular flexibility index (Phi) is 6.09. The van der Waals surface area contributed by atoms with Crippen LogP contribution in [0.2, 0.25) is 0 Å². The maximum atomic E-state index is 12.5. The van der Waals surface area contributed by atoms with E-state index in [4.69, 9.17) is 10.5 Å². The molecular weight excluding hydrogens is 354 g/mol. The second-order valence-electron chi connectivity index (χ2n) is 7.74. The minimum atomic E-state index is -1.21. The van der Waals surface area contributed by atoms with Gasteiger partial charge in [-0.2, -0.15) is 0 Å². The van der Waals surface area contributed by atoms with Crippen molar-refractivity contribution in [3.63, 3.8) is 0 Å². The van der Waals surface area contributed by atoms with Gasteiger partial charge < -0.3 is 15.4 Å². The molecule has 1 unspecified atom stereocenters. The van der Waals surface area contributed by atoms with E-state index in [9.17, 15) is 9.59 Å². The van der Waals surface area contributed by atoms with Gasteiger partial charge in [0.25, 0.3) is 5.91 Å². The SMILES string of the molecule is CC(C)CC(=O)N1CCOC(Cc2cccc(-c3cccnc3)c2)(C(N)=O)C1. The third kappa shape index (κ3) is 4.57. The number of carbonyl (C=O) groups excluding carboxylic acids is 2. The average molecular weight is 381 g/mol. The van der Waals surface area contributed by atoms with Gasteiger partial charge in [-0.25, -0.2) is 0 Å². The van der Waals surface area contributed by atoms with Gasteiger partial charge >= 0.3 is 0 Å². The lowest BCUT2D eigenvalue weighted by Crippen LogP contribution is -2.61. The fourth-order valence-corrected chi connectivity index (χ4v) is 3.54. The van der Waals surface area contributed by atoms with E-state index in [0.717, 1.165) is 16.7 Å². The van der Waals surface area contributed by atoms with Crippen LogP contribution in [-0.2, 0) is 20.7 Å². The third-order valence-corrected chi connectivity index (χ3v) is 4.98. The van der Waals surface area contributed by atoms with Crippen LogP contribution < -0.4 is 5.73 Å². The van der Waals surface area contributed by atoms with E-state index < -0.39 is 11.5 Å². The summed E-state index contributed by atoms with van der Waals surface area (Å²) < 4.78 is 5.88. The summed E-state index contributed by atoms with van der Waals surface area (Å²) in [5, 5.41) is 0. The first-order chi connectivity index (χ1) is 13.4. The number of aromatic nitrogens is 1. The molecule has 0 spiro atoms. The zero-order valence-corrected chi connectivity index (χ0v) is 16.4. The Bertz CT molecular complexity index is 838. The monoisotopic (exact) mass is 381 g/mol. The molecular formula is C22H27N3O3. The molecule has 2 amide bonds. The molecule has 6 nitrogen and oxygen atoms in total. The van der Waals surface area contributed by atoms with Crippen LogP contribution >= 0.6 is 0 Å². The van der Waals surface area contributed by atoms with Crippen LogP contribution in [0.25, 0.3) is 11.1 Å². The third-order valence-electron chi connectivity index (χ3n) is 4.98. The summed E-state index contributed by atoms with van der Waals surface area (Å²) in [5.74, 6) is -0.246. The summed E-state index contributed by atoms with van der Waals surface area (Å²) in [7, 11) is 0. The minimum Gasteiger partial charge on any atom is -0.367 e. The number of hydrogen-bond acceptors (Lipinski definition) is 4. The number of carbonyl (C=O) groups is 2. The first-order valence-electron chi connectivity index (χ1n) is 9.60. The molecule has 1 aliphatic rings. The Morgan fingerprint density at radius 1 is 1.25 bits per heavy atom. The van der Waals surface area contributed by atoms with Crippen molar-refractivity contribution in [3.05, 3.63) is 54.4 Å². The smallest absolute Gasteiger partial charge is 0.251 e. The van der Waals surface area contributed by atoms with Gasteiger partial charge in [0.2, 0.25) is 5.91 Å². The minimum absolute atomic E-state index is 0.0352. The first-order valence-corrected chi connectivity index (χ1v) is 9.60. The number of nitrogens with two attached hydrogens (primary N) is 1. The van der Waals surface area contributed by atoms with Crippen LogP contribution in [0.4, 0.5) is 0 Å². The Morgan fingerprint density at radius 3 is 2.71 bits per heavy atom. The van der Waals surface area contributed by atoms with Crippen molar-refractivity contribution >= 4 is 11.8 Å². The number of ether oxygens (including phenoxy) is 1. The fraction of sp³-hybridized carbons (Fsp3) is 0.409. The molecule has 3 rings (SSSR count). The largest absolute Gasteiger partial charge is 0.367 e. The van der Waals surface area contributed by atoms with Gasteiger partial charge in [-0.15, -0.1) is 0 Å². The Balaban J connectivity index is 1.83. The molecule has 2 aromatic rings. The van der Waals surface area contributed by atoms with Gasteiger partial charge in [0.15, 0.2) is 5.60 Å². The number of morpholine rings is 1. The van der Waals surface area contributed by atoms with E-state index in [1.165, 1.54) is 0 Å². The topological polar surface area (TPSA) is 85.5 Å². The molecule has 2 N–H and O–H groups in total. The molecule has 1 saturated heterocycles. The standard InChI is InChI=1S/C22H27N3O3/c1-16(2)11-20(26)25-9-10-28-22(15-25,21(23)27)13-17-5-3-6-18(12-17)19-7-4-8-24-14-19/h3-8,12,14,16H,9-11,13,15H2,1-2H3,(H2,23,27). The predicted octanol–water partition coefficient (Wildman–Crippen LogP) is 2.42. The summed E-state index contributed by atoms with van der Waals surface area (Å²) in [4.78, 5) is 30.8. The van der Waals surface area contributed by atoms with Gasteiger partial charge in [0.1, 0.15) is 0 Å². The van der Waals surface area contributed by atoms with E-state index in [-0.39, 0.29) is 18.4 Å². The van der Waals surface area contributed by atoms with Gasteiger partial charge in [-0.05, 0) is 28.7 Å². The Hall–Kier alpha value is -2.73. The lowest BCUT2D eigenvalue weighted by atomic mass is 9.90. The zero-order valence-electron chi connectivity index (χ0n) is 16.4. The van der Waals surface area contributed by atoms with Crippen molar-refractivity contribution in [2.45, 2.75) is 32.3 Å². The molecule has 1 fully saturated rings. The van der Waals surface area contributed by atoms with Crippen molar-refractivity contribution < 1.29 is 14.3 Å². The van der Waals surface area contributed by atoms with E-state index >= 15 is 0 Å². The van der Waals surface area contributed by atoms with Gasteiger partial charge in [0, 0.05) is 31.8 Å². The van der Waals surface area contributed by atoms with Crippen LogP contribution in [0.5, 0.6) is 0 Å². The molecule has 0 radical (unpaired) electrons. The molecule has 0 bridgehead atoms.